The quantitative estimate of drug-likeness (QED) is 0.793. The first-order chi connectivity index (χ1) is 12.4. The molecule has 2 heterocycles. The Balaban J connectivity index is 0.00000261. The third kappa shape index (κ3) is 5.97. The topological polar surface area (TPSA) is 59.0 Å². The minimum Gasteiger partial charge on any atom is -0.323 e. The van der Waals surface area contributed by atoms with Gasteiger partial charge in [0.05, 0.1) is 29.3 Å². The van der Waals surface area contributed by atoms with Gasteiger partial charge in [0.25, 0.3) is 0 Å². The first-order valence-electron chi connectivity index (χ1n) is 8.65. The lowest BCUT2D eigenvalue weighted by atomic mass is 9.93. The Morgan fingerprint density at radius 2 is 2.04 bits per heavy atom. The molecule has 0 aliphatic carbocycles. The van der Waals surface area contributed by atoms with Gasteiger partial charge in [-0.2, -0.15) is 18.3 Å². The van der Waals surface area contributed by atoms with Gasteiger partial charge in [-0.1, -0.05) is 6.07 Å². The average molecular weight is 403 g/mol. The number of carbonyl (C=O) groups is 1. The highest BCUT2D eigenvalue weighted by Gasteiger charge is 2.30. The first kappa shape index (κ1) is 21.2. The molecule has 0 spiro atoms. The Morgan fingerprint density at radius 3 is 2.74 bits per heavy atom. The highest BCUT2D eigenvalue weighted by molar-refractivity contribution is 5.90. The van der Waals surface area contributed by atoms with Crippen LogP contribution in [0.1, 0.15) is 31.2 Å². The standard InChI is InChI=1S/C18H21F3N4O.ClH/c19-18(20,21)14-2-1-3-16(10-14)25-12-15(11-23-25)24-17(26)5-4-13-6-8-22-9-7-13;/h1-3,10-13,22H,4-9H2,(H,24,26);1H. The van der Waals surface area contributed by atoms with E-state index in [9.17, 15) is 18.0 Å². The van der Waals surface area contributed by atoms with Gasteiger partial charge in [-0.25, -0.2) is 4.68 Å². The van der Waals surface area contributed by atoms with E-state index in [1.807, 2.05) is 0 Å². The van der Waals surface area contributed by atoms with Crippen LogP contribution < -0.4 is 10.6 Å². The SMILES string of the molecule is Cl.O=C(CCC1CCNCC1)Nc1cnn(-c2cccc(C(F)(F)F)c2)c1. The summed E-state index contributed by atoms with van der Waals surface area (Å²) in [4.78, 5) is 12.1. The summed E-state index contributed by atoms with van der Waals surface area (Å²) < 4.78 is 39.7. The van der Waals surface area contributed by atoms with Crippen LogP contribution in [0.25, 0.3) is 5.69 Å². The molecule has 27 heavy (non-hydrogen) atoms. The molecule has 1 aromatic carbocycles. The van der Waals surface area contributed by atoms with E-state index in [2.05, 4.69) is 15.7 Å². The zero-order chi connectivity index (χ0) is 18.6. The molecule has 0 radical (unpaired) electrons. The van der Waals surface area contributed by atoms with Crippen LogP contribution in [-0.4, -0.2) is 28.8 Å². The normalized spacial score (nSPS) is 15.2. The van der Waals surface area contributed by atoms with Crippen LogP contribution in [0.2, 0.25) is 0 Å². The van der Waals surface area contributed by atoms with E-state index in [-0.39, 0.29) is 24.0 Å². The van der Waals surface area contributed by atoms with Crippen LogP contribution in [0.5, 0.6) is 0 Å². The molecule has 2 N–H and O–H groups in total. The summed E-state index contributed by atoms with van der Waals surface area (Å²) in [6, 6.07) is 4.90. The number of hydrogen-bond donors (Lipinski definition) is 2. The van der Waals surface area contributed by atoms with Gasteiger partial charge in [-0.05, 0) is 56.5 Å². The summed E-state index contributed by atoms with van der Waals surface area (Å²) in [7, 11) is 0. The fourth-order valence-electron chi connectivity index (χ4n) is 3.08. The maximum absolute atomic E-state index is 12.8. The maximum atomic E-state index is 12.8. The number of piperidine rings is 1. The predicted octanol–water partition coefficient (Wildman–Crippen LogP) is 4.03. The molecule has 1 amide bonds. The molecule has 148 valence electrons. The van der Waals surface area contributed by atoms with Crippen LogP contribution in [0, 0.1) is 5.92 Å². The summed E-state index contributed by atoms with van der Waals surface area (Å²) in [6.45, 7) is 1.99. The summed E-state index contributed by atoms with van der Waals surface area (Å²) >= 11 is 0. The summed E-state index contributed by atoms with van der Waals surface area (Å²) in [6.07, 6.45) is 1.98. The van der Waals surface area contributed by atoms with Crippen molar-refractivity contribution in [1.82, 2.24) is 15.1 Å². The number of carbonyl (C=O) groups excluding carboxylic acids is 1. The van der Waals surface area contributed by atoms with Crippen molar-refractivity contribution in [2.24, 2.45) is 5.92 Å². The van der Waals surface area contributed by atoms with Gasteiger partial charge in [0.2, 0.25) is 5.91 Å². The number of aromatic nitrogens is 2. The Labute approximate surface area is 161 Å². The molecule has 1 aliphatic heterocycles. The van der Waals surface area contributed by atoms with E-state index in [0.29, 0.717) is 18.0 Å². The molecule has 0 atom stereocenters. The molecule has 1 aliphatic rings. The lowest BCUT2D eigenvalue weighted by Gasteiger charge is -2.22. The molecule has 1 fully saturated rings. The van der Waals surface area contributed by atoms with Crippen LogP contribution in [0.15, 0.2) is 36.7 Å². The first-order valence-corrected chi connectivity index (χ1v) is 8.65. The van der Waals surface area contributed by atoms with E-state index in [4.69, 9.17) is 0 Å². The van der Waals surface area contributed by atoms with Gasteiger partial charge >= 0.3 is 6.18 Å². The van der Waals surface area contributed by atoms with Crippen molar-refractivity contribution in [2.75, 3.05) is 18.4 Å². The Morgan fingerprint density at radius 1 is 1.30 bits per heavy atom. The molecule has 0 bridgehead atoms. The van der Waals surface area contributed by atoms with Gasteiger partial charge in [0, 0.05) is 6.42 Å². The third-order valence-electron chi connectivity index (χ3n) is 4.54. The fourth-order valence-corrected chi connectivity index (χ4v) is 3.08. The van der Waals surface area contributed by atoms with E-state index in [1.54, 1.807) is 0 Å². The molecule has 0 saturated carbocycles. The van der Waals surface area contributed by atoms with E-state index in [1.165, 1.54) is 29.2 Å². The molecule has 2 aromatic rings. The molecule has 0 unspecified atom stereocenters. The van der Waals surface area contributed by atoms with Gasteiger partial charge in [0.1, 0.15) is 0 Å². The molecule has 9 heteroatoms. The molecule has 1 aromatic heterocycles. The number of rotatable bonds is 5. The summed E-state index contributed by atoms with van der Waals surface area (Å²) in [5.74, 6) is 0.460. The van der Waals surface area contributed by atoms with E-state index < -0.39 is 11.7 Å². The highest BCUT2D eigenvalue weighted by Crippen LogP contribution is 2.30. The average Bonchev–Trinajstić information content (AvgIpc) is 3.09. The van der Waals surface area contributed by atoms with Gasteiger partial charge < -0.3 is 10.6 Å². The van der Waals surface area contributed by atoms with E-state index in [0.717, 1.165) is 44.5 Å². The summed E-state index contributed by atoms with van der Waals surface area (Å²) in [5.41, 5.74) is 0.0193. The Bertz CT molecular complexity index is 757. The lowest BCUT2D eigenvalue weighted by molar-refractivity contribution is -0.137. The van der Waals surface area contributed by atoms with Crippen molar-refractivity contribution in [3.8, 4) is 5.69 Å². The Kier molecular flexibility index (Phi) is 7.26. The number of nitrogens with one attached hydrogen (secondary N) is 2. The van der Waals surface area contributed by atoms with Crippen molar-refractivity contribution in [1.29, 1.82) is 0 Å². The number of anilines is 1. The number of halogens is 4. The zero-order valence-electron chi connectivity index (χ0n) is 14.6. The van der Waals surface area contributed by atoms with Crippen LogP contribution in [0.4, 0.5) is 18.9 Å². The van der Waals surface area contributed by atoms with Crippen molar-refractivity contribution in [2.45, 2.75) is 31.9 Å². The predicted molar refractivity (Wildman–Crippen MR) is 99.3 cm³/mol. The largest absolute Gasteiger partial charge is 0.416 e. The number of benzene rings is 1. The second-order valence-electron chi connectivity index (χ2n) is 6.50. The van der Waals surface area contributed by atoms with Crippen molar-refractivity contribution in [3.63, 3.8) is 0 Å². The van der Waals surface area contributed by atoms with Crippen molar-refractivity contribution in [3.05, 3.63) is 42.2 Å². The second kappa shape index (κ2) is 9.23. The molecule has 1 saturated heterocycles. The molecular weight excluding hydrogens is 381 g/mol. The van der Waals surface area contributed by atoms with Crippen LogP contribution in [-0.2, 0) is 11.0 Å². The van der Waals surface area contributed by atoms with Crippen LogP contribution >= 0.6 is 12.4 Å². The molecule has 5 nitrogen and oxygen atoms in total. The Hall–Kier alpha value is -2.06. The van der Waals surface area contributed by atoms with Gasteiger partial charge in [0.15, 0.2) is 0 Å². The maximum Gasteiger partial charge on any atom is 0.416 e. The second-order valence-corrected chi connectivity index (χ2v) is 6.50. The van der Waals surface area contributed by atoms with E-state index >= 15 is 0 Å². The lowest BCUT2D eigenvalue weighted by Crippen LogP contribution is -2.28. The minimum atomic E-state index is -4.41. The molecule has 3 rings (SSSR count). The van der Waals surface area contributed by atoms with Gasteiger partial charge in [-0.3, -0.25) is 4.79 Å². The number of hydrogen-bond acceptors (Lipinski definition) is 3. The van der Waals surface area contributed by atoms with Crippen molar-refractivity contribution >= 4 is 24.0 Å². The van der Waals surface area contributed by atoms with Crippen LogP contribution in [0.3, 0.4) is 0 Å². The van der Waals surface area contributed by atoms with Gasteiger partial charge in [-0.15, -0.1) is 12.4 Å². The van der Waals surface area contributed by atoms with Crippen molar-refractivity contribution < 1.29 is 18.0 Å². The number of amides is 1. The fraction of sp³-hybridized carbons (Fsp3) is 0.444. The third-order valence-corrected chi connectivity index (χ3v) is 4.54. The summed E-state index contributed by atoms with van der Waals surface area (Å²) in [5, 5.41) is 10.1. The number of nitrogens with zero attached hydrogens (tertiary/aromatic N) is 2. The number of alkyl halides is 3. The molecular formula is C18H22ClF3N4O. The minimum absolute atomic E-state index is 0. The monoisotopic (exact) mass is 402 g/mol. The highest BCUT2D eigenvalue weighted by atomic mass is 35.5. The smallest absolute Gasteiger partial charge is 0.323 e. The zero-order valence-corrected chi connectivity index (χ0v) is 15.4.